The SMILES string of the molecule is COc1cc2c(N(C)C)nc(NCc3ccc(Br)cc3)nc2cc1O. The number of methoxy groups -OCH3 is 1. The maximum absolute atomic E-state index is 10.0. The van der Waals surface area contributed by atoms with E-state index >= 15 is 0 Å². The number of halogens is 1. The Kier molecular flexibility index (Phi) is 4.94. The second-order valence-corrected chi connectivity index (χ2v) is 6.70. The number of anilines is 2. The van der Waals surface area contributed by atoms with Gasteiger partial charge in [0.2, 0.25) is 5.95 Å². The zero-order chi connectivity index (χ0) is 18.0. The summed E-state index contributed by atoms with van der Waals surface area (Å²) in [4.78, 5) is 11.0. The minimum absolute atomic E-state index is 0.0530. The molecule has 0 bridgehead atoms. The van der Waals surface area contributed by atoms with Gasteiger partial charge in [0.1, 0.15) is 5.82 Å². The molecule has 1 aromatic heterocycles. The summed E-state index contributed by atoms with van der Waals surface area (Å²) in [7, 11) is 5.35. The third kappa shape index (κ3) is 3.76. The van der Waals surface area contributed by atoms with Crippen molar-refractivity contribution >= 4 is 38.6 Å². The number of phenols is 1. The van der Waals surface area contributed by atoms with Crippen molar-refractivity contribution in [3.8, 4) is 11.5 Å². The van der Waals surface area contributed by atoms with Gasteiger partial charge in [-0.05, 0) is 23.8 Å². The van der Waals surface area contributed by atoms with Crippen LogP contribution in [-0.4, -0.2) is 36.3 Å². The fourth-order valence-corrected chi connectivity index (χ4v) is 2.76. The highest BCUT2D eigenvalue weighted by Gasteiger charge is 2.13. The molecule has 3 aromatic rings. The second-order valence-electron chi connectivity index (χ2n) is 5.79. The second kappa shape index (κ2) is 7.14. The number of benzene rings is 2. The maximum Gasteiger partial charge on any atom is 0.225 e. The molecule has 0 radical (unpaired) electrons. The van der Waals surface area contributed by atoms with Crippen LogP contribution in [0.4, 0.5) is 11.8 Å². The van der Waals surface area contributed by atoms with Crippen molar-refractivity contribution in [2.24, 2.45) is 0 Å². The molecule has 1 heterocycles. The summed E-state index contributed by atoms with van der Waals surface area (Å²) in [5.74, 6) is 1.71. The van der Waals surface area contributed by atoms with E-state index in [4.69, 9.17) is 4.74 Å². The Morgan fingerprint density at radius 3 is 2.52 bits per heavy atom. The molecule has 0 spiro atoms. The van der Waals surface area contributed by atoms with Crippen LogP contribution in [0.1, 0.15) is 5.56 Å². The van der Waals surface area contributed by atoms with Crippen molar-refractivity contribution in [2.75, 3.05) is 31.4 Å². The van der Waals surface area contributed by atoms with Crippen LogP contribution in [-0.2, 0) is 6.54 Å². The van der Waals surface area contributed by atoms with Crippen LogP contribution in [0.15, 0.2) is 40.9 Å². The van der Waals surface area contributed by atoms with Gasteiger partial charge in [-0.15, -0.1) is 0 Å². The first-order chi connectivity index (χ1) is 12.0. The highest BCUT2D eigenvalue weighted by atomic mass is 79.9. The van der Waals surface area contributed by atoms with Crippen molar-refractivity contribution in [3.05, 3.63) is 46.4 Å². The van der Waals surface area contributed by atoms with Crippen LogP contribution in [0.25, 0.3) is 10.9 Å². The minimum Gasteiger partial charge on any atom is -0.504 e. The molecule has 6 nitrogen and oxygen atoms in total. The summed E-state index contributed by atoms with van der Waals surface area (Å²) in [6.07, 6.45) is 0. The molecule has 0 aliphatic carbocycles. The lowest BCUT2D eigenvalue weighted by atomic mass is 10.2. The number of phenolic OH excluding ortho intramolecular Hbond substituents is 1. The number of ether oxygens (including phenoxy) is 1. The van der Waals surface area contributed by atoms with E-state index in [1.807, 2.05) is 43.3 Å². The van der Waals surface area contributed by atoms with Gasteiger partial charge in [0.25, 0.3) is 0 Å². The van der Waals surface area contributed by atoms with Gasteiger partial charge in [-0.3, -0.25) is 0 Å². The quantitative estimate of drug-likeness (QED) is 0.676. The molecule has 2 N–H and O–H groups in total. The largest absolute Gasteiger partial charge is 0.504 e. The third-order valence-corrected chi connectivity index (χ3v) is 4.29. The molecular formula is C18H19BrN4O2. The van der Waals surface area contributed by atoms with Crippen molar-refractivity contribution in [3.63, 3.8) is 0 Å². The number of hydrogen-bond donors (Lipinski definition) is 2. The average Bonchev–Trinajstić information content (AvgIpc) is 2.59. The summed E-state index contributed by atoms with van der Waals surface area (Å²) in [6, 6.07) is 11.4. The van der Waals surface area contributed by atoms with Gasteiger partial charge in [0.15, 0.2) is 11.5 Å². The molecule has 0 aliphatic heterocycles. The fourth-order valence-electron chi connectivity index (χ4n) is 2.50. The van der Waals surface area contributed by atoms with Gasteiger partial charge in [0, 0.05) is 36.6 Å². The van der Waals surface area contributed by atoms with Gasteiger partial charge in [-0.1, -0.05) is 28.1 Å². The Balaban J connectivity index is 1.97. The molecule has 7 heteroatoms. The predicted octanol–water partition coefficient (Wildman–Crippen LogP) is 3.78. The van der Waals surface area contributed by atoms with Crippen LogP contribution >= 0.6 is 15.9 Å². The maximum atomic E-state index is 10.0. The number of hydrogen-bond acceptors (Lipinski definition) is 6. The monoisotopic (exact) mass is 402 g/mol. The van der Waals surface area contributed by atoms with Gasteiger partial charge in [-0.25, -0.2) is 4.98 Å². The van der Waals surface area contributed by atoms with Gasteiger partial charge >= 0.3 is 0 Å². The van der Waals surface area contributed by atoms with Crippen molar-refractivity contribution in [1.82, 2.24) is 9.97 Å². The lowest BCUT2D eigenvalue weighted by Crippen LogP contribution is -2.14. The Hall–Kier alpha value is -2.54. The Morgan fingerprint density at radius 2 is 1.88 bits per heavy atom. The molecule has 25 heavy (non-hydrogen) atoms. The van der Waals surface area contributed by atoms with Gasteiger partial charge in [-0.2, -0.15) is 4.98 Å². The number of nitrogens with zero attached hydrogens (tertiary/aromatic N) is 3. The highest BCUT2D eigenvalue weighted by Crippen LogP contribution is 2.34. The molecule has 0 aliphatic rings. The summed E-state index contributed by atoms with van der Waals surface area (Å²) in [6.45, 7) is 0.605. The van der Waals surface area contributed by atoms with E-state index in [1.165, 1.54) is 7.11 Å². The molecular weight excluding hydrogens is 384 g/mol. The number of aromatic hydroxyl groups is 1. The normalized spacial score (nSPS) is 10.7. The first-order valence-corrected chi connectivity index (χ1v) is 8.51. The summed E-state index contributed by atoms with van der Waals surface area (Å²) in [5, 5.41) is 14.1. The molecule has 0 amide bonds. The van der Waals surface area contributed by atoms with Crippen molar-refractivity contribution < 1.29 is 9.84 Å². The van der Waals surface area contributed by atoms with Gasteiger partial charge < -0.3 is 20.1 Å². The van der Waals surface area contributed by atoms with Crippen molar-refractivity contribution in [2.45, 2.75) is 6.54 Å². The molecule has 2 aromatic carbocycles. The molecule has 3 rings (SSSR count). The van der Waals surface area contributed by atoms with Crippen LogP contribution in [0.2, 0.25) is 0 Å². The molecule has 0 saturated heterocycles. The Labute approximate surface area is 154 Å². The Bertz CT molecular complexity index is 898. The zero-order valence-electron chi connectivity index (χ0n) is 14.2. The molecule has 0 saturated carbocycles. The molecule has 130 valence electrons. The lowest BCUT2D eigenvalue weighted by molar-refractivity contribution is 0.374. The third-order valence-electron chi connectivity index (χ3n) is 3.76. The minimum atomic E-state index is 0.0530. The van der Waals surface area contributed by atoms with E-state index < -0.39 is 0 Å². The van der Waals surface area contributed by atoms with E-state index in [0.717, 1.165) is 21.2 Å². The number of rotatable bonds is 5. The number of nitrogens with one attached hydrogen (secondary N) is 1. The smallest absolute Gasteiger partial charge is 0.225 e. The van der Waals surface area contributed by atoms with E-state index in [2.05, 4.69) is 31.2 Å². The van der Waals surface area contributed by atoms with Crippen LogP contribution < -0.4 is 15.0 Å². The Morgan fingerprint density at radius 1 is 1.16 bits per heavy atom. The zero-order valence-corrected chi connectivity index (χ0v) is 15.8. The highest BCUT2D eigenvalue weighted by molar-refractivity contribution is 9.10. The van der Waals surface area contributed by atoms with Crippen molar-refractivity contribution in [1.29, 1.82) is 0 Å². The van der Waals surface area contributed by atoms with Crippen LogP contribution in [0.5, 0.6) is 11.5 Å². The van der Waals surface area contributed by atoms with E-state index in [1.54, 1.807) is 12.1 Å². The van der Waals surface area contributed by atoms with E-state index in [-0.39, 0.29) is 5.75 Å². The van der Waals surface area contributed by atoms with Crippen LogP contribution in [0.3, 0.4) is 0 Å². The summed E-state index contributed by atoms with van der Waals surface area (Å²) >= 11 is 3.43. The average molecular weight is 403 g/mol. The van der Waals surface area contributed by atoms with Gasteiger partial charge in [0.05, 0.1) is 12.6 Å². The number of aromatic nitrogens is 2. The van der Waals surface area contributed by atoms with E-state index in [0.29, 0.717) is 23.8 Å². The molecule has 0 atom stereocenters. The van der Waals surface area contributed by atoms with E-state index in [9.17, 15) is 5.11 Å². The van der Waals surface area contributed by atoms with Crippen LogP contribution in [0, 0.1) is 0 Å². The molecule has 0 fully saturated rings. The standard InChI is InChI=1S/C18H19BrN4O2/c1-23(2)17-13-8-16(25-3)15(24)9-14(13)21-18(22-17)20-10-11-4-6-12(19)7-5-11/h4-9,24H,10H2,1-3H3,(H,20,21,22). The first kappa shape index (κ1) is 17.3. The topological polar surface area (TPSA) is 70.5 Å². The number of fused-ring (bicyclic) bond motifs is 1. The molecule has 0 unspecified atom stereocenters. The summed E-state index contributed by atoms with van der Waals surface area (Å²) < 4.78 is 6.23. The lowest BCUT2D eigenvalue weighted by Gasteiger charge is -2.17. The first-order valence-electron chi connectivity index (χ1n) is 7.72. The predicted molar refractivity (Wildman–Crippen MR) is 104 cm³/mol. The fraction of sp³-hybridized carbons (Fsp3) is 0.222. The summed E-state index contributed by atoms with van der Waals surface area (Å²) in [5.41, 5.74) is 1.77.